The number of Topliss-reactive ketones (excluding diaryl/α,β-unsaturated/α-hetero) is 1. The summed E-state index contributed by atoms with van der Waals surface area (Å²) >= 11 is 1.49. The lowest BCUT2D eigenvalue weighted by Gasteiger charge is -2.22. The van der Waals surface area contributed by atoms with Crippen LogP contribution in [0.4, 0.5) is 16.2 Å². The van der Waals surface area contributed by atoms with E-state index in [1.54, 1.807) is 24.0 Å². The van der Waals surface area contributed by atoms with Gasteiger partial charge in [-0.15, -0.1) is 11.3 Å². The molecule has 0 bridgehead atoms. The topological polar surface area (TPSA) is 75.2 Å². The van der Waals surface area contributed by atoms with Crippen LogP contribution in [-0.2, 0) is 4.79 Å². The van der Waals surface area contributed by atoms with Crippen molar-refractivity contribution in [3.63, 3.8) is 0 Å². The van der Waals surface area contributed by atoms with Gasteiger partial charge >= 0.3 is 6.03 Å². The van der Waals surface area contributed by atoms with E-state index in [1.807, 2.05) is 25.1 Å². The molecule has 1 aromatic carbocycles. The Morgan fingerprint density at radius 2 is 2.12 bits per heavy atom. The summed E-state index contributed by atoms with van der Waals surface area (Å²) in [7, 11) is 0. The van der Waals surface area contributed by atoms with Crippen molar-refractivity contribution < 1.29 is 9.59 Å². The molecule has 0 unspecified atom stereocenters. The number of ketones is 1. The van der Waals surface area contributed by atoms with E-state index in [-0.39, 0.29) is 18.4 Å². The number of anilines is 2. The zero-order chi connectivity index (χ0) is 17.1. The van der Waals surface area contributed by atoms with Gasteiger partial charge in [-0.05, 0) is 43.7 Å². The van der Waals surface area contributed by atoms with Crippen molar-refractivity contribution in [3.05, 3.63) is 47.7 Å². The fraction of sp³-hybridized carbons (Fsp3) is 0.176. The van der Waals surface area contributed by atoms with Crippen LogP contribution >= 0.6 is 11.3 Å². The number of benzene rings is 1. The highest BCUT2D eigenvalue weighted by Gasteiger charge is 2.19. The van der Waals surface area contributed by atoms with Gasteiger partial charge in [0, 0.05) is 11.9 Å². The summed E-state index contributed by atoms with van der Waals surface area (Å²) in [4.78, 5) is 34.0. The summed E-state index contributed by atoms with van der Waals surface area (Å²) in [5, 5.41) is 2.82. The number of carbonyl (C=O) groups is 2. The van der Waals surface area contributed by atoms with E-state index in [4.69, 9.17) is 0 Å². The maximum absolute atomic E-state index is 12.7. The molecule has 0 saturated carbocycles. The molecule has 0 atom stereocenters. The predicted molar refractivity (Wildman–Crippen MR) is 95.6 cm³/mol. The number of aromatic nitrogens is 2. The minimum atomic E-state index is -0.370. The second-order valence-corrected chi connectivity index (χ2v) is 6.30. The van der Waals surface area contributed by atoms with Crippen molar-refractivity contribution in [2.24, 2.45) is 0 Å². The minimum absolute atomic E-state index is 0.00451. The normalized spacial score (nSPS) is 10.6. The molecule has 2 amide bonds. The molecular weight excluding hydrogens is 324 g/mol. The number of hydrogen-bond acceptors (Lipinski definition) is 5. The van der Waals surface area contributed by atoms with Gasteiger partial charge in [-0.2, -0.15) is 0 Å². The highest BCUT2D eigenvalue weighted by atomic mass is 32.1. The number of aryl methyl sites for hydroxylation is 1. The molecule has 0 aliphatic rings. The van der Waals surface area contributed by atoms with Crippen LogP contribution in [0.1, 0.15) is 12.5 Å². The largest absolute Gasteiger partial charge is 0.326 e. The Morgan fingerprint density at radius 3 is 2.88 bits per heavy atom. The van der Waals surface area contributed by atoms with Crippen molar-refractivity contribution in [2.45, 2.75) is 13.8 Å². The molecule has 7 heteroatoms. The lowest BCUT2D eigenvalue weighted by molar-refractivity contribution is -0.115. The molecule has 2 heterocycles. The van der Waals surface area contributed by atoms with Gasteiger partial charge in [-0.25, -0.2) is 9.78 Å². The van der Waals surface area contributed by atoms with Crippen molar-refractivity contribution in [3.8, 4) is 0 Å². The van der Waals surface area contributed by atoms with Gasteiger partial charge in [0.15, 0.2) is 0 Å². The van der Waals surface area contributed by atoms with Crippen LogP contribution in [-0.4, -0.2) is 28.3 Å². The number of thiazole rings is 1. The van der Waals surface area contributed by atoms with Gasteiger partial charge in [-0.3, -0.25) is 14.7 Å². The third-order valence-electron chi connectivity index (χ3n) is 3.53. The number of nitrogens with one attached hydrogen (secondary N) is 1. The molecule has 0 aliphatic heterocycles. The molecule has 0 radical (unpaired) electrons. The van der Waals surface area contributed by atoms with Crippen LogP contribution in [0.3, 0.4) is 0 Å². The molecule has 0 fully saturated rings. The second-order valence-electron chi connectivity index (χ2n) is 5.41. The van der Waals surface area contributed by atoms with E-state index >= 15 is 0 Å². The smallest absolute Gasteiger partial charge is 0.306 e. The maximum Gasteiger partial charge on any atom is 0.326 e. The van der Waals surface area contributed by atoms with Crippen LogP contribution < -0.4 is 10.2 Å². The maximum atomic E-state index is 12.7. The van der Waals surface area contributed by atoms with Crippen LogP contribution in [0.2, 0.25) is 0 Å². The lowest BCUT2D eigenvalue weighted by Crippen LogP contribution is -2.38. The number of hydrogen-bond donors (Lipinski definition) is 1. The fourth-order valence-electron chi connectivity index (χ4n) is 2.29. The Morgan fingerprint density at radius 1 is 1.29 bits per heavy atom. The SMILES string of the molecule is CC(=O)CN(C(=O)Nc1cnccc1C)c1ccc2ncsc2c1. The summed E-state index contributed by atoms with van der Waals surface area (Å²) < 4.78 is 0.964. The number of fused-ring (bicyclic) bond motifs is 1. The number of pyridine rings is 1. The highest BCUT2D eigenvalue weighted by Crippen LogP contribution is 2.25. The quantitative estimate of drug-likeness (QED) is 0.787. The molecule has 2 aromatic heterocycles. The first-order chi connectivity index (χ1) is 11.5. The van der Waals surface area contributed by atoms with Crippen LogP contribution in [0.25, 0.3) is 10.2 Å². The molecule has 6 nitrogen and oxygen atoms in total. The average molecular weight is 340 g/mol. The summed E-state index contributed by atoms with van der Waals surface area (Å²) in [6, 6.07) is 6.95. The number of carbonyl (C=O) groups excluding carboxylic acids is 2. The molecule has 24 heavy (non-hydrogen) atoms. The molecule has 0 saturated heterocycles. The zero-order valence-corrected chi connectivity index (χ0v) is 14.1. The third kappa shape index (κ3) is 3.41. The third-order valence-corrected chi connectivity index (χ3v) is 4.32. The zero-order valence-electron chi connectivity index (χ0n) is 13.3. The first-order valence-electron chi connectivity index (χ1n) is 7.36. The Hall–Kier alpha value is -2.80. The molecule has 0 aliphatic carbocycles. The van der Waals surface area contributed by atoms with Crippen molar-refractivity contribution in [1.29, 1.82) is 0 Å². The van der Waals surface area contributed by atoms with Crippen LogP contribution in [0.5, 0.6) is 0 Å². The number of urea groups is 1. The molecule has 0 spiro atoms. The van der Waals surface area contributed by atoms with Crippen molar-refractivity contribution in [2.75, 3.05) is 16.8 Å². The molecule has 3 rings (SSSR count). The first-order valence-corrected chi connectivity index (χ1v) is 8.24. The molecule has 1 N–H and O–H groups in total. The summed E-state index contributed by atoms with van der Waals surface area (Å²) in [6.07, 6.45) is 3.25. The molecular formula is C17H16N4O2S. The van der Waals surface area contributed by atoms with Gasteiger partial charge < -0.3 is 5.32 Å². The van der Waals surface area contributed by atoms with Crippen LogP contribution in [0.15, 0.2) is 42.2 Å². The van der Waals surface area contributed by atoms with E-state index in [0.717, 1.165) is 15.8 Å². The second kappa shape index (κ2) is 6.76. The fourth-order valence-corrected chi connectivity index (χ4v) is 3.00. The van der Waals surface area contributed by atoms with Crippen LogP contribution in [0, 0.1) is 6.92 Å². The van der Waals surface area contributed by atoms with Gasteiger partial charge in [0.2, 0.25) is 0 Å². The van der Waals surface area contributed by atoms with E-state index in [2.05, 4.69) is 15.3 Å². The van der Waals surface area contributed by atoms with E-state index < -0.39 is 0 Å². The van der Waals surface area contributed by atoms with Crippen molar-refractivity contribution >= 4 is 44.7 Å². The summed E-state index contributed by atoms with van der Waals surface area (Å²) in [5.74, 6) is -0.0996. The number of rotatable bonds is 4. The summed E-state index contributed by atoms with van der Waals surface area (Å²) in [6.45, 7) is 3.34. The standard InChI is InChI=1S/C17H16N4O2S/c1-11-5-6-18-8-15(11)20-17(23)21(9-12(2)22)13-3-4-14-16(7-13)24-10-19-14/h3-8,10H,9H2,1-2H3,(H,20,23). The van der Waals surface area contributed by atoms with E-state index in [9.17, 15) is 9.59 Å². The Kier molecular flexibility index (Phi) is 4.52. The Balaban J connectivity index is 1.91. The van der Waals surface area contributed by atoms with Crippen molar-refractivity contribution in [1.82, 2.24) is 9.97 Å². The Bertz CT molecular complexity index is 906. The van der Waals surface area contributed by atoms with E-state index in [1.165, 1.54) is 23.2 Å². The van der Waals surface area contributed by atoms with E-state index in [0.29, 0.717) is 11.4 Å². The molecule has 3 aromatic rings. The monoisotopic (exact) mass is 340 g/mol. The minimum Gasteiger partial charge on any atom is -0.306 e. The average Bonchev–Trinajstić information content (AvgIpc) is 3.02. The molecule has 122 valence electrons. The van der Waals surface area contributed by atoms with Gasteiger partial charge in [-0.1, -0.05) is 0 Å². The predicted octanol–water partition coefficient (Wildman–Crippen LogP) is 3.63. The lowest BCUT2D eigenvalue weighted by atomic mass is 10.2. The van der Waals surface area contributed by atoms with Gasteiger partial charge in [0.05, 0.1) is 34.2 Å². The summed E-state index contributed by atoms with van der Waals surface area (Å²) in [5.41, 5.74) is 4.80. The number of nitrogens with zero attached hydrogens (tertiary/aromatic N) is 3. The van der Waals surface area contributed by atoms with Gasteiger partial charge in [0.1, 0.15) is 5.78 Å². The Labute approximate surface area is 143 Å². The first kappa shape index (κ1) is 16.1. The number of amides is 2. The van der Waals surface area contributed by atoms with Gasteiger partial charge in [0.25, 0.3) is 0 Å². The highest BCUT2D eigenvalue weighted by molar-refractivity contribution is 7.16.